The highest BCUT2D eigenvalue weighted by atomic mass is 32.2. The van der Waals surface area contributed by atoms with Gasteiger partial charge in [-0.25, -0.2) is 13.4 Å². The van der Waals surface area contributed by atoms with Gasteiger partial charge < -0.3 is 9.47 Å². The molecule has 1 aromatic heterocycles. The van der Waals surface area contributed by atoms with E-state index >= 15 is 0 Å². The van der Waals surface area contributed by atoms with Crippen molar-refractivity contribution < 1.29 is 8.42 Å². The SMILES string of the molecule is CN(C)c1cccc(S(=O)(=O)N2CCCC2Cn2ccnc2)c1. The Morgan fingerprint density at radius 2 is 2.17 bits per heavy atom. The summed E-state index contributed by atoms with van der Waals surface area (Å²) < 4.78 is 29.6. The molecule has 1 unspecified atom stereocenters. The van der Waals surface area contributed by atoms with Crippen LogP contribution in [0.5, 0.6) is 0 Å². The highest BCUT2D eigenvalue weighted by Gasteiger charge is 2.35. The second-order valence-electron chi connectivity index (χ2n) is 6.06. The van der Waals surface area contributed by atoms with Gasteiger partial charge in [0.05, 0.1) is 11.2 Å². The summed E-state index contributed by atoms with van der Waals surface area (Å²) in [4.78, 5) is 6.30. The fourth-order valence-electron chi connectivity index (χ4n) is 3.00. The van der Waals surface area contributed by atoms with E-state index in [9.17, 15) is 8.42 Å². The van der Waals surface area contributed by atoms with Gasteiger partial charge in [-0.2, -0.15) is 4.31 Å². The van der Waals surface area contributed by atoms with E-state index in [1.54, 1.807) is 35.0 Å². The monoisotopic (exact) mass is 334 g/mol. The summed E-state index contributed by atoms with van der Waals surface area (Å²) in [5, 5.41) is 0. The molecular formula is C16H22N4O2S. The van der Waals surface area contributed by atoms with E-state index in [0.29, 0.717) is 18.0 Å². The first-order valence-electron chi connectivity index (χ1n) is 7.73. The maximum Gasteiger partial charge on any atom is 0.243 e. The maximum atomic E-state index is 13.0. The van der Waals surface area contributed by atoms with Gasteiger partial charge in [0.2, 0.25) is 10.0 Å². The van der Waals surface area contributed by atoms with Crippen LogP contribution in [0.1, 0.15) is 12.8 Å². The van der Waals surface area contributed by atoms with Crippen LogP contribution in [0, 0.1) is 0 Å². The predicted octanol–water partition coefficient (Wildman–Crippen LogP) is 1.80. The fourth-order valence-corrected chi connectivity index (χ4v) is 4.73. The summed E-state index contributed by atoms with van der Waals surface area (Å²) in [6, 6.07) is 7.10. The third kappa shape index (κ3) is 3.25. The maximum absolute atomic E-state index is 13.0. The number of rotatable bonds is 5. The second kappa shape index (κ2) is 6.33. The van der Waals surface area contributed by atoms with Gasteiger partial charge in [0.25, 0.3) is 0 Å². The van der Waals surface area contributed by atoms with Crippen LogP contribution in [-0.4, -0.2) is 49.0 Å². The highest BCUT2D eigenvalue weighted by Crippen LogP contribution is 2.28. The van der Waals surface area contributed by atoms with Crippen molar-refractivity contribution >= 4 is 15.7 Å². The largest absolute Gasteiger partial charge is 0.378 e. The number of aromatic nitrogens is 2. The molecule has 3 rings (SSSR count). The molecule has 7 heteroatoms. The minimum Gasteiger partial charge on any atom is -0.378 e. The van der Waals surface area contributed by atoms with Gasteiger partial charge in [-0.1, -0.05) is 6.07 Å². The molecular weight excluding hydrogens is 312 g/mol. The molecule has 0 aliphatic carbocycles. The lowest BCUT2D eigenvalue weighted by atomic mass is 10.2. The Kier molecular flexibility index (Phi) is 4.41. The van der Waals surface area contributed by atoms with E-state index in [1.165, 1.54) is 0 Å². The lowest BCUT2D eigenvalue weighted by molar-refractivity contribution is 0.352. The quantitative estimate of drug-likeness (QED) is 0.837. The van der Waals surface area contributed by atoms with Crippen LogP contribution in [0.3, 0.4) is 0 Å². The lowest BCUT2D eigenvalue weighted by Gasteiger charge is -2.25. The van der Waals surface area contributed by atoms with E-state index < -0.39 is 10.0 Å². The molecule has 124 valence electrons. The van der Waals surface area contributed by atoms with Crippen LogP contribution in [0.25, 0.3) is 0 Å². The summed E-state index contributed by atoms with van der Waals surface area (Å²) in [7, 11) is 0.338. The molecule has 2 aromatic rings. The first-order valence-corrected chi connectivity index (χ1v) is 9.17. The molecule has 6 nitrogen and oxygen atoms in total. The van der Waals surface area contributed by atoms with Gasteiger partial charge in [-0.15, -0.1) is 0 Å². The predicted molar refractivity (Wildman–Crippen MR) is 89.9 cm³/mol. The van der Waals surface area contributed by atoms with Crippen molar-refractivity contribution in [2.75, 3.05) is 25.5 Å². The first kappa shape index (κ1) is 16.0. The summed E-state index contributed by atoms with van der Waals surface area (Å²) >= 11 is 0. The van der Waals surface area contributed by atoms with E-state index in [-0.39, 0.29) is 6.04 Å². The average molecular weight is 334 g/mol. The molecule has 0 spiro atoms. The number of imidazole rings is 1. The van der Waals surface area contributed by atoms with Crippen molar-refractivity contribution in [2.24, 2.45) is 0 Å². The Morgan fingerprint density at radius 1 is 1.35 bits per heavy atom. The first-order chi connectivity index (χ1) is 11.0. The summed E-state index contributed by atoms with van der Waals surface area (Å²) in [6.07, 6.45) is 7.09. The summed E-state index contributed by atoms with van der Waals surface area (Å²) in [5.41, 5.74) is 0.886. The highest BCUT2D eigenvalue weighted by molar-refractivity contribution is 7.89. The van der Waals surface area contributed by atoms with Crippen molar-refractivity contribution in [1.82, 2.24) is 13.9 Å². The number of benzene rings is 1. The third-order valence-electron chi connectivity index (χ3n) is 4.24. The molecule has 0 bridgehead atoms. The van der Waals surface area contributed by atoms with Gasteiger partial charge in [-0.05, 0) is 31.0 Å². The molecule has 0 amide bonds. The number of hydrogen-bond acceptors (Lipinski definition) is 4. The van der Waals surface area contributed by atoms with Crippen LogP contribution in [0.4, 0.5) is 5.69 Å². The molecule has 0 saturated carbocycles. The minimum absolute atomic E-state index is 0.0165. The van der Waals surface area contributed by atoms with Crippen molar-refractivity contribution in [3.05, 3.63) is 43.0 Å². The zero-order valence-electron chi connectivity index (χ0n) is 13.5. The average Bonchev–Trinajstić information content (AvgIpc) is 3.20. The van der Waals surface area contributed by atoms with Crippen molar-refractivity contribution in [3.63, 3.8) is 0 Å². The minimum atomic E-state index is -3.47. The van der Waals surface area contributed by atoms with Crippen LogP contribution in [0.2, 0.25) is 0 Å². The Bertz CT molecular complexity index is 756. The third-order valence-corrected chi connectivity index (χ3v) is 6.19. The van der Waals surface area contributed by atoms with Crippen molar-refractivity contribution in [3.8, 4) is 0 Å². The van der Waals surface area contributed by atoms with Gasteiger partial charge in [0.1, 0.15) is 0 Å². The summed E-state index contributed by atoms with van der Waals surface area (Å²) in [5.74, 6) is 0. The topological polar surface area (TPSA) is 58.4 Å². The number of nitrogens with zero attached hydrogens (tertiary/aromatic N) is 4. The fraction of sp³-hybridized carbons (Fsp3) is 0.438. The molecule has 1 aromatic carbocycles. The van der Waals surface area contributed by atoms with Crippen molar-refractivity contribution in [1.29, 1.82) is 0 Å². The van der Waals surface area contributed by atoms with E-state index in [0.717, 1.165) is 18.5 Å². The molecule has 0 radical (unpaired) electrons. The van der Waals surface area contributed by atoms with Gasteiger partial charge in [0, 0.05) is 51.3 Å². The van der Waals surface area contributed by atoms with Gasteiger partial charge in [0.15, 0.2) is 0 Å². The van der Waals surface area contributed by atoms with Gasteiger partial charge in [-0.3, -0.25) is 0 Å². The molecule has 0 N–H and O–H groups in total. The summed E-state index contributed by atoms with van der Waals surface area (Å²) in [6.45, 7) is 1.22. The molecule has 2 heterocycles. The number of sulfonamides is 1. The normalized spacial score (nSPS) is 19.1. The Balaban J connectivity index is 1.87. The molecule has 1 saturated heterocycles. The molecule has 1 fully saturated rings. The number of hydrogen-bond donors (Lipinski definition) is 0. The standard InChI is InChI=1S/C16H22N4O2S/c1-18(2)14-5-3-7-16(11-14)23(21,22)20-9-4-6-15(20)12-19-10-8-17-13-19/h3,5,7-8,10-11,13,15H,4,6,9,12H2,1-2H3. The van der Waals surface area contributed by atoms with E-state index in [1.807, 2.05) is 35.8 Å². The Hall–Kier alpha value is -1.86. The van der Waals surface area contributed by atoms with Crippen LogP contribution in [-0.2, 0) is 16.6 Å². The second-order valence-corrected chi connectivity index (χ2v) is 7.95. The molecule has 1 aliphatic heterocycles. The molecule has 1 atom stereocenters. The van der Waals surface area contributed by atoms with Crippen LogP contribution in [0.15, 0.2) is 47.9 Å². The molecule has 1 aliphatic rings. The zero-order valence-corrected chi connectivity index (χ0v) is 14.3. The van der Waals surface area contributed by atoms with Crippen LogP contribution < -0.4 is 4.90 Å². The van der Waals surface area contributed by atoms with E-state index in [2.05, 4.69) is 4.98 Å². The molecule has 23 heavy (non-hydrogen) atoms. The van der Waals surface area contributed by atoms with Gasteiger partial charge >= 0.3 is 0 Å². The van der Waals surface area contributed by atoms with Crippen molar-refractivity contribution in [2.45, 2.75) is 30.3 Å². The smallest absolute Gasteiger partial charge is 0.243 e. The Labute approximate surface area is 137 Å². The van der Waals surface area contributed by atoms with Crippen LogP contribution >= 0.6 is 0 Å². The lowest BCUT2D eigenvalue weighted by Crippen LogP contribution is -2.37. The number of anilines is 1. The Morgan fingerprint density at radius 3 is 2.87 bits per heavy atom. The zero-order chi connectivity index (χ0) is 16.4. The van der Waals surface area contributed by atoms with E-state index in [4.69, 9.17) is 0 Å².